The first kappa shape index (κ1) is 12.9. The van der Waals surface area contributed by atoms with Gasteiger partial charge in [-0.3, -0.25) is 4.79 Å². The van der Waals surface area contributed by atoms with Crippen LogP contribution in [-0.2, 0) is 11.3 Å². The normalized spacial score (nSPS) is 14.3. The Hall–Kier alpha value is -1.55. The zero-order valence-corrected chi connectivity index (χ0v) is 10.7. The molecule has 0 unspecified atom stereocenters. The van der Waals surface area contributed by atoms with Crippen LogP contribution in [0.2, 0.25) is 0 Å². The predicted octanol–water partition coefficient (Wildman–Crippen LogP) is 1.45. The lowest BCUT2D eigenvalue weighted by molar-refractivity contribution is -0.123. The number of amides is 1. The molecule has 1 amide bonds. The zero-order valence-electron chi connectivity index (χ0n) is 10.7. The van der Waals surface area contributed by atoms with Gasteiger partial charge in [-0.05, 0) is 37.1 Å². The highest BCUT2D eigenvalue weighted by Crippen LogP contribution is 2.18. The van der Waals surface area contributed by atoms with Crippen molar-refractivity contribution in [2.45, 2.75) is 32.4 Å². The summed E-state index contributed by atoms with van der Waals surface area (Å²) in [6.45, 7) is 4.00. The van der Waals surface area contributed by atoms with E-state index in [9.17, 15) is 4.79 Å². The lowest BCUT2D eigenvalue weighted by Crippen LogP contribution is -2.30. The summed E-state index contributed by atoms with van der Waals surface area (Å²) in [5, 5.41) is 6.15. The average molecular weight is 248 g/mol. The molecule has 1 aromatic carbocycles. The largest absolute Gasteiger partial charge is 0.484 e. The first-order valence-corrected chi connectivity index (χ1v) is 6.49. The Morgan fingerprint density at radius 2 is 2.06 bits per heavy atom. The van der Waals surface area contributed by atoms with Gasteiger partial charge in [-0.2, -0.15) is 0 Å². The minimum absolute atomic E-state index is 0.0331. The van der Waals surface area contributed by atoms with Crippen LogP contribution >= 0.6 is 0 Å². The third kappa shape index (κ3) is 4.37. The summed E-state index contributed by atoms with van der Waals surface area (Å²) in [4.78, 5) is 11.4. The Morgan fingerprint density at radius 1 is 1.33 bits per heavy atom. The average Bonchev–Trinajstić information content (AvgIpc) is 3.19. The molecule has 1 aromatic rings. The number of hydrogen-bond acceptors (Lipinski definition) is 3. The molecule has 4 nitrogen and oxygen atoms in total. The highest BCUT2D eigenvalue weighted by Gasteiger charge is 2.23. The number of carbonyl (C=O) groups excluding carboxylic acids is 1. The molecule has 2 rings (SSSR count). The number of carbonyl (C=O) groups is 1. The SMILES string of the molecule is CCNCc1ccc(OCC(=O)NC2CC2)cc1. The molecule has 98 valence electrons. The molecule has 0 aliphatic heterocycles. The third-order valence-electron chi connectivity index (χ3n) is 2.81. The summed E-state index contributed by atoms with van der Waals surface area (Å²) in [7, 11) is 0. The summed E-state index contributed by atoms with van der Waals surface area (Å²) in [6, 6.07) is 8.21. The molecule has 0 heterocycles. The summed E-state index contributed by atoms with van der Waals surface area (Å²) in [5.41, 5.74) is 1.21. The van der Waals surface area contributed by atoms with Crippen molar-refractivity contribution >= 4 is 5.91 Å². The number of rotatable bonds is 7. The third-order valence-corrected chi connectivity index (χ3v) is 2.81. The maximum Gasteiger partial charge on any atom is 0.258 e. The topological polar surface area (TPSA) is 50.4 Å². The molecule has 2 N–H and O–H groups in total. The Morgan fingerprint density at radius 3 is 2.67 bits per heavy atom. The Bertz CT molecular complexity index is 385. The maximum atomic E-state index is 11.4. The van der Waals surface area contributed by atoms with Crippen molar-refractivity contribution < 1.29 is 9.53 Å². The lowest BCUT2D eigenvalue weighted by atomic mass is 10.2. The van der Waals surface area contributed by atoms with E-state index >= 15 is 0 Å². The second-order valence-electron chi connectivity index (χ2n) is 4.55. The predicted molar refractivity (Wildman–Crippen MR) is 70.5 cm³/mol. The van der Waals surface area contributed by atoms with E-state index in [4.69, 9.17) is 4.74 Å². The van der Waals surface area contributed by atoms with Gasteiger partial charge in [-0.1, -0.05) is 19.1 Å². The monoisotopic (exact) mass is 248 g/mol. The molecule has 1 aliphatic rings. The van der Waals surface area contributed by atoms with Crippen LogP contribution in [0.3, 0.4) is 0 Å². The van der Waals surface area contributed by atoms with Crippen LogP contribution in [0.5, 0.6) is 5.75 Å². The van der Waals surface area contributed by atoms with Gasteiger partial charge in [0.05, 0.1) is 0 Å². The summed E-state index contributed by atoms with van der Waals surface area (Å²) >= 11 is 0. The van der Waals surface area contributed by atoms with E-state index in [-0.39, 0.29) is 12.5 Å². The molecule has 0 saturated heterocycles. The van der Waals surface area contributed by atoms with Crippen LogP contribution in [0.1, 0.15) is 25.3 Å². The van der Waals surface area contributed by atoms with E-state index in [0.29, 0.717) is 6.04 Å². The van der Waals surface area contributed by atoms with Crippen molar-refractivity contribution in [3.8, 4) is 5.75 Å². The highest BCUT2D eigenvalue weighted by molar-refractivity contribution is 5.78. The van der Waals surface area contributed by atoms with Gasteiger partial charge in [0.15, 0.2) is 6.61 Å². The van der Waals surface area contributed by atoms with Gasteiger partial charge < -0.3 is 15.4 Å². The fraction of sp³-hybridized carbons (Fsp3) is 0.500. The van der Waals surface area contributed by atoms with Crippen molar-refractivity contribution in [3.63, 3.8) is 0 Å². The first-order chi connectivity index (χ1) is 8.78. The van der Waals surface area contributed by atoms with Crippen LogP contribution in [0.15, 0.2) is 24.3 Å². The van der Waals surface area contributed by atoms with Gasteiger partial charge in [0.1, 0.15) is 5.75 Å². The fourth-order valence-corrected chi connectivity index (χ4v) is 1.62. The zero-order chi connectivity index (χ0) is 12.8. The van der Waals surface area contributed by atoms with Gasteiger partial charge >= 0.3 is 0 Å². The van der Waals surface area contributed by atoms with Crippen LogP contribution in [0, 0.1) is 0 Å². The smallest absolute Gasteiger partial charge is 0.258 e. The second-order valence-corrected chi connectivity index (χ2v) is 4.55. The molecule has 1 saturated carbocycles. The van der Waals surface area contributed by atoms with E-state index in [1.54, 1.807) is 0 Å². The van der Waals surface area contributed by atoms with Gasteiger partial charge in [0.2, 0.25) is 0 Å². The summed E-state index contributed by atoms with van der Waals surface area (Å²) in [6.07, 6.45) is 2.20. The van der Waals surface area contributed by atoms with Crippen LogP contribution in [0.25, 0.3) is 0 Å². The Kier molecular flexibility index (Phi) is 4.59. The Balaban J connectivity index is 1.73. The van der Waals surface area contributed by atoms with E-state index in [1.807, 2.05) is 24.3 Å². The molecule has 1 aliphatic carbocycles. The van der Waals surface area contributed by atoms with Crippen LogP contribution in [-0.4, -0.2) is 25.1 Å². The van der Waals surface area contributed by atoms with Crippen molar-refractivity contribution in [1.29, 1.82) is 0 Å². The quantitative estimate of drug-likeness (QED) is 0.768. The van der Waals surface area contributed by atoms with E-state index in [2.05, 4.69) is 17.6 Å². The molecular formula is C14H20N2O2. The maximum absolute atomic E-state index is 11.4. The first-order valence-electron chi connectivity index (χ1n) is 6.49. The molecule has 0 bridgehead atoms. The van der Waals surface area contributed by atoms with E-state index < -0.39 is 0 Å². The van der Waals surface area contributed by atoms with Crippen LogP contribution < -0.4 is 15.4 Å². The molecule has 1 fully saturated rings. The molecule has 0 aromatic heterocycles. The summed E-state index contributed by atoms with van der Waals surface area (Å²) in [5.74, 6) is 0.704. The van der Waals surface area contributed by atoms with Crippen LogP contribution in [0.4, 0.5) is 0 Å². The molecule has 0 atom stereocenters. The van der Waals surface area contributed by atoms with Gasteiger partial charge in [0.25, 0.3) is 5.91 Å². The van der Waals surface area contributed by atoms with Gasteiger partial charge in [0, 0.05) is 12.6 Å². The standard InChI is InChI=1S/C14H20N2O2/c1-2-15-9-11-3-7-13(8-4-11)18-10-14(17)16-12-5-6-12/h3-4,7-8,12,15H,2,5-6,9-10H2,1H3,(H,16,17). The molecule has 0 radical (unpaired) electrons. The molecular weight excluding hydrogens is 228 g/mol. The highest BCUT2D eigenvalue weighted by atomic mass is 16.5. The van der Waals surface area contributed by atoms with Crippen molar-refractivity contribution in [1.82, 2.24) is 10.6 Å². The lowest BCUT2D eigenvalue weighted by Gasteiger charge is -2.07. The van der Waals surface area contributed by atoms with E-state index in [1.165, 1.54) is 5.56 Å². The minimum Gasteiger partial charge on any atom is -0.484 e. The number of benzene rings is 1. The minimum atomic E-state index is -0.0331. The molecule has 0 spiro atoms. The number of nitrogens with one attached hydrogen (secondary N) is 2. The van der Waals surface area contributed by atoms with Crippen molar-refractivity contribution in [3.05, 3.63) is 29.8 Å². The second kappa shape index (κ2) is 6.40. The van der Waals surface area contributed by atoms with Crippen molar-refractivity contribution in [2.24, 2.45) is 0 Å². The van der Waals surface area contributed by atoms with Gasteiger partial charge in [-0.25, -0.2) is 0 Å². The fourth-order valence-electron chi connectivity index (χ4n) is 1.62. The molecule has 4 heteroatoms. The van der Waals surface area contributed by atoms with Crippen molar-refractivity contribution in [2.75, 3.05) is 13.2 Å². The van der Waals surface area contributed by atoms with E-state index in [0.717, 1.165) is 31.7 Å². The Labute approximate surface area is 108 Å². The van der Waals surface area contributed by atoms with Gasteiger partial charge in [-0.15, -0.1) is 0 Å². The number of ether oxygens (including phenoxy) is 1. The summed E-state index contributed by atoms with van der Waals surface area (Å²) < 4.78 is 5.42. The number of hydrogen-bond donors (Lipinski definition) is 2. The molecule has 18 heavy (non-hydrogen) atoms.